The molecule has 9 heteroatoms. The molecule has 2 atom stereocenters. The van der Waals surface area contributed by atoms with Crippen LogP contribution in [0.25, 0.3) is 0 Å². The zero-order valence-corrected chi connectivity index (χ0v) is 60.2. The Labute approximate surface area is 580 Å². The van der Waals surface area contributed by atoms with Crippen LogP contribution >= 0.6 is 0 Å². The molecule has 95 heavy (non-hydrogen) atoms. The summed E-state index contributed by atoms with van der Waals surface area (Å²) in [6, 6.07) is 0. The third kappa shape index (κ3) is 74.6. The number of unbranched alkanes of at least 4 members (excludes halogenated alkanes) is 11. The van der Waals surface area contributed by atoms with E-state index in [1.807, 2.05) is 21.1 Å². The van der Waals surface area contributed by atoms with Gasteiger partial charge in [-0.25, -0.2) is 0 Å². The SMILES string of the molecule is CC/C=C\C/C=C\C/C=C\C/C=C\C/C=C\C/C=C\C/C=C\C/C=C\C/C=C\C/C=C\C/C=C\CCCCCC(=O)OC(COC(=O)CCCCCCCCCC/C=C\C/C=C\C/C=C\C/C=C\C/C=C\C/C=C\C/C=C\C/C=C\CC)COC(OCC[N+](C)(C)C)C(=O)[O-]. The molecule has 0 aliphatic carbocycles. The van der Waals surface area contributed by atoms with Gasteiger partial charge < -0.3 is 33.3 Å². The summed E-state index contributed by atoms with van der Waals surface area (Å²) < 4.78 is 22.7. The number of allylic oxidation sites excluding steroid dienone is 38. The Morgan fingerprint density at radius 1 is 0.316 bits per heavy atom. The fourth-order valence-electron chi connectivity index (χ4n) is 8.91. The van der Waals surface area contributed by atoms with Gasteiger partial charge in [0.2, 0.25) is 0 Å². The maximum atomic E-state index is 12.9. The van der Waals surface area contributed by atoms with E-state index in [9.17, 15) is 19.5 Å². The summed E-state index contributed by atoms with van der Waals surface area (Å²) in [5.41, 5.74) is 0. The van der Waals surface area contributed by atoms with Crippen molar-refractivity contribution in [2.45, 2.75) is 245 Å². The number of hydrogen-bond donors (Lipinski definition) is 0. The fourth-order valence-corrected chi connectivity index (χ4v) is 8.91. The van der Waals surface area contributed by atoms with Crippen molar-refractivity contribution in [2.24, 2.45) is 0 Å². The predicted octanol–water partition coefficient (Wildman–Crippen LogP) is 22.1. The molecule has 0 saturated carbocycles. The molecule has 0 rings (SSSR count). The van der Waals surface area contributed by atoms with Gasteiger partial charge in [0, 0.05) is 12.8 Å². The third-order valence-electron chi connectivity index (χ3n) is 14.4. The standard InChI is InChI=1S/C86H131NO8/c1-6-8-10-12-14-16-18-20-22-24-26-28-30-32-34-36-38-40-41-42-43-45-47-49-51-53-55-57-59-61-63-65-67-69-71-73-75-77-84(89)95-82(81-94-86(85(90)91)92-79-78-87(3,4)5)80-93-83(88)76-74-72-70-68-66-64-62-60-58-56-54-52-50-48-46-44-39-37-35-33-31-29-27-25-23-21-19-17-15-13-11-9-7-2/h8-11,14-17,20-23,26-29,32-35,38-40,42-44,47-50,53-56,59,61,65,67,82,86H,6-7,12-13,18-19,24-25,30-31,36-37,41,45-46,51-52,57-58,60,62-64,66,68-81H2,1-5H3/b10-8-,11-9-,16-14-,17-15-,22-20-,23-21-,28-26-,29-27-,34-32-,35-33-,40-38-,43-42-,44-39-,49-47-,50-48-,55-53-,56-54-,61-59-,67-65-. The summed E-state index contributed by atoms with van der Waals surface area (Å²) in [7, 11) is 5.90. The Balaban J connectivity index is 4.30. The second kappa shape index (κ2) is 73.2. The number of nitrogens with zero attached hydrogens (tertiary/aromatic N) is 1. The second-order valence-corrected chi connectivity index (χ2v) is 24.4. The van der Waals surface area contributed by atoms with Crippen molar-refractivity contribution >= 4 is 17.9 Å². The molecule has 528 valence electrons. The molecule has 0 saturated heterocycles. The monoisotopic (exact) mass is 1310 g/mol. The Morgan fingerprint density at radius 2 is 0.568 bits per heavy atom. The Bertz CT molecular complexity index is 2420. The molecule has 0 aliphatic rings. The summed E-state index contributed by atoms with van der Waals surface area (Å²) in [5.74, 6) is -2.37. The van der Waals surface area contributed by atoms with E-state index in [-0.39, 0.29) is 38.6 Å². The Kier molecular flexibility index (Phi) is 68.0. The van der Waals surface area contributed by atoms with Crippen LogP contribution in [0.2, 0.25) is 0 Å². The van der Waals surface area contributed by atoms with E-state index in [2.05, 4.69) is 245 Å². The van der Waals surface area contributed by atoms with Crippen LogP contribution in [0.4, 0.5) is 0 Å². The summed E-state index contributed by atoms with van der Waals surface area (Å²) in [6.45, 7) is 4.43. The van der Waals surface area contributed by atoms with Gasteiger partial charge in [-0.05, 0) is 161 Å². The number of likely N-dealkylation sites (N-methyl/N-ethyl adjacent to an activating group) is 1. The van der Waals surface area contributed by atoms with Crippen molar-refractivity contribution in [3.05, 3.63) is 231 Å². The quantitative estimate of drug-likeness (QED) is 0.0195. The van der Waals surface area contributed by atoms with Crippen LogP contribution in [0.5, 0.6) is 0 Å². The van der Waals surface area contributed by atoms with Crippen molar-refractivity contribution in [3.63, 3.8) is 0 Å². The van der Waals surface area contributed by atoms with Crippen LogP contribution in [-0.4, -0.2) is 82.3 Å². The number of carbonyl (C=O) groups is 3. The lowest BCUT2D eigenvalue weighted by atomic mass is 10.1. The van der Waals surface area contributed by atoms with E-state index in [4.69, 9.17) is 18.9 Å². The first kappa shape index (κ1) is 88.4. The molecular formula is C86H131NO8. The normalized spacial score (nSPS) is 14.1. The van der Waals surface area contributed by atoms with Crippen molar-refractivity contribution in [3.8, 4) is 0 Å². The van der Waals surface area contributed by atoms with Crippen molar-refractivity contribution < 1.29 is 42.9 Å². The van der Waals surface area contributed by atoms with Crippen LogP contribution in [0.3, 0.4) is 0 Å². The molecule has 0 aromatic heterocycles. The van der Waals surface area contributed by atoms with Gasteiger partial charge in [-0.1, -0.05) is 290 Å². The molecule has 0 radical (unpaired) electrons. The molecule has 0 spiro atoms. The first-order valence-corrected chi connectivity index (χ1v) is 36.5. The number of ether oxygens (including phenoxy) is 4. The van der Waals surface area contributed by atoms with Crippen LogP contribution in [-0.2, 0) is 33.3 Å². The summed E-state index contributed by atoms with van der Waals surface area (Å²) in [5, 5.41) is 11.8. The van der Waals surface area contributed by atoms with E-state index >= 15 is 0 Å². The molecule has 0 aromatic rings. The molecule has 2 unspecified atom stereocenters. The maximum absolute atomic E-state index is 12.9. The van der Waals surface area contributed by atoms with E-state index < -0.39 is 24.3 Å². The topological polar surface area (TPSA) is 111 Å². The highest BCUT2D eigenvalue weighted by molar-refractivity contribution is 5.70. The number of aliphatic carboxylic acids is 1. The highest BCUT2D eigenvalue weighted by atomic mass is 16.7. The van der Waals surface area contributed by atoms with Crippen LogP contribution in [0, 0.1) is 0 Å². The largest absolute Gasteiger partial charge is 0.545 e. The highest BCUT2D eigenvalue weighted by Gasteiger charge is 2.22. The minimum atomic E-state index is -1.65. The number of carbonyl (C=O) groups excluding carboxylic acids is 3. The molecule has 0 amide bonds. The third-order valence-corrected chi connectivity index (χ3v) is 14.4. The number of rotatable bonds is 64. The number of esters is 2. The predicted molar refractivity (Wildman–Crippen MR) is 406 cm³/mol. The van der Waals surface area contributed by atoms with Gasteiger partial charge in [0.05, 0.1) is 40.3 Å². The summed E-state index contributed by atoms with van der Waals surface area (Å²) in [4.78, 5) is 37.5. The van der Waals surface area contributed by atoms with Crippen LogP contribution in [0.1, 0.15) is 232 Å². The molecule has 0 aliphatic heterocycles. The second-order valence-electron chi connectivity index (χ2n) is 24.4. The van der Waals surface area contributed by atoms with E-state index in [1.165, 1.54) is 25.7 Å². The number of quaternary nitrogens is 1. The van der Waals surface area contributed by atoms with Crippen molar-refractivity contribution in [1.29, 1.82) is 0 Å². The van der Waals surface area contributed by atoms with Gasteiger partial charge in [-0.15, -0.1) is 0 Å². The summed E-state index contributed by atoms with van der Waals surface area (Å²) >= 11 is 0. The lowest BCUT2D eigenvalue weighted by Gasteiger charge is -2.26. The molecule has 0 heterocycles. The Morgan fingerprint density at radius 3 is 0.853 bits per heavy atom. The zero-order chi connectivity index (χ0) is 69.0. The molecule has 0 bridgehead atoms. The van der Waals surface area contributed by atoms with E-state index in [0.717, 1.165) is 167 Å². The minimum Gasteiger partial charge on any atom is -0.545 e. The van der Waals surface area contributed by atoms with Gasteiger partial charge in [0.25, 0.3) is 0 Å². The zero-order valence-electron chi connectivity index (χ0n) is 60.2. The summed E-state index contributed by atoms with van der Waals surface area (Å²) in [6.07, 6.45) is 114. The molecule has 0 fully saturated rings. The minimum absolute atomic E-state index is 0.126. The van der Waals surface area contributed by atoms with Gasteiger partial charge >= 0.3 is 11.9 Å². The van der Waals surface area contributed by atoms with Crippen molar-refractivity contribution in [1.82, 2.24) is 0 Å². The first-order chi connectivity index (χ1) is 46.6. The lowest BCUT2D eigenvalue weighted by Crippen LogP contribution is -2.44. The van der Waals surface area contributed by atoms with Crippen molar-refractivity contribution in [2.75, 3.05) is 47.5 Å². The molecule has 9 nitrogen and oxygen atoms in total. The smallest absolute Gasteiger partial charge is 0.306 e. The lowest BCUT2D eigenvalue weighted by molar-refractivity contribution is -0.870. The highest BCUT2D eigenvalue weighted by Crippen LogP contribution is 2.14. The Hall–Kier alpha value is -6.65. The number of carboxylic acid groups (broad SMARTS) is 1. The average molecular weight is 1310 g/mol. The maximum Gasteiger partial charge on any atom is 0.306 e. The van der Waals surface area contributed by atoms with E-state index in [1.54, 1.807) is 0 Å². The molecular weight excluding hydrogens is 1170 g/mol. The van der Waals surface area contributed by atoms with Gasteiger partial charge in [-0.2, -0.15) is 0 Å². The number of carboxylic acids is 1. The van der Waals surface area contributed by atoms with Crippen LogP contribution < -0.4 is 5.11 Å². The average Bonchev–Trinajstić information content (AvgIpc) is 3.75. The van der Waals surface area contributed by atoms with Gasteiger partial charge in [-0.3, -0.25) is 9.59 Å². The van der Waals surface area contributed by atoms with Gasteiger partial charge in [0.15, 0.2) is 12.4 Å². The van der Waals surface area contributed by atoms with E-state index in [0.29, 0.717) is 23.9 Å². The van der Waals surface area contributed by atoms with Crippen LogP contribution in [0.15, 0.2) is 231 Å². The molecule has 0 N–H and O–H groups in total. The fraction of sp³-hybridized carbons (Fsp3) is 0.523. The first-order valence-electron chi connectivity index (χ1n) is 36.5. The number of hydrogen-bond acceptors (Lipinski definition) is 8. The van der Waals surface area contributed by atoms with Gasteiger partial charge in [0.1, 0.15) is 13.2 Å². The molecule has 0 aromatic carbocycles.